The number of aliphatic carboxylic acids is 1. The molecule has 1 aliphatic carbocycles. The molecule has 2 N–H and O–H groups in total. The van der Waals surface area contributed by atoms with E-state index in [0.717, 1.165) is 0 Å². The van der Waals surface area contributed by atoms with E-state index >= 15 is 0 Å². The normalized spacial score (nSPS) is 17.1. The number of hydrogen-bond donors (Lipinski definition) is 2. The molecule has 2 aromatic rings. The summed E-state index contributed by atoms with van der Waals surface area (Å²) < 4.78 is 28.1. The first-order chi connectivity index (χ1) is 12.1. The van der Waals surface area contributed by atoms with Gasteiger partial charge in [-0.3, -0.25) is 4.79 Å². The fraction of sp³-hybridized carbons (Fsp3) is 0.412. The third-order valence-corrected chi connectivity index (χ3v) is 7.30. The van der Waals surface area contributed by atoms with Crippen LogP contribution < -0.4 is 4.72 Å². The summed E-state index contributed by atoms with van der Waals surface area (Å²) >= 11 is 6.02. The molecule has 1 aromatic heterocycles. The maximum absolute atomic E-state index is 12.5. The molecule has 3 rings (SSSR count). The van der Waals surface area contributed by atoms with E-state index in [1.165, 1.54) is 0 Å². The highest BCUT2D eigenvalue weighted by Crippen LogP contribution is 2.43. The molecular weight excluding hydrogens is 378 g/mol. The zero-order valence-electron chi connectivity index (χ0n) is 14.7. The van der Waals surface area contributed by atoms with Crippen molar-refractivity contribution in [2.75, 3.05) is 0 Å². The summed E-state index contributed by atoms with van der Waals surface area (Å²) in [7, 11) is -3.76. The van der Waals surface area contributed by atoms with Crippen molar-refractivity contribution in [2.45, 2.75) is 44.4 Å². The number of rotatable bonds is 6. The Morgan fingerprint density at radius 1 is 1.38 bits per heavy atom. The summed E-state index contributed by atoms with van der Waals surface area (Å²) in [4.78, 5) is 11.8. The third kappa shape index (κ3) is 3.24. The van der Waals surface area contributed by atoms with E-state index in [1.54, 1.807) is 49.7 Å². The topological polar surface area (TPSA) is 101 Å². The van der Waals surface area contributed by atoms with E-state index in [2.05, 4.69) is 9.82 Å². The maximum Gasteiger partial charge on any atom is 0.326 e. The maximum atomic E-state index is 12.5. The number of sulfonamides is 1. The number of aryl methyl sites for hydroxylation is 1. The van der Waals surface area contributed by atoms with Crippen LogP contribution in [-0.4, -0.2) is 34.0 Å². The van der Waals surface area contributed by atoms with E-state index in [-0.39, 0.29) is 0 Å². The monoisotopic (exact) mass is 397 g/mol. The molecule has 26 heavy (non-hydrogen) atoms. The highest BCUT2D eigenvalue weighted by molar-refractivity contribution is 7.91. The molecule has 7 nitrogen and oxygen atoms in total. The Balaban J connectivity index is 2.05. The second-order valence-electron chi connectivity index (χ2n) is 6.82. The van der Waals surface area contributed by atoms with Gasteiger partial charge in [-0.1, -0.05) is 17.7 Å². The molecule has 0 bridgehead atoms. The molecule has 1 atom stereocenters. The van der Waals surface area contributed by atoms with Gasteiger partial charge < -0.3 is 5.11 Å². The van der Waals surface area contributed by atoms with Crippen molar-refractivity contribution >= 4 is 27.6 Å². The summed E-state index contributed by atoms with van der Waals surface area (Å²) in [5.74, 6) is -1.27. The molecule has 1 aliphatic rings. The SMILES string of the molecule is Cc1nn(-c2cccc(Cl)c2)c(C)c1C(NS(=O)(=O)C1(C)CC1)C(=O)O. The second-order valence-corrected chi connectivity index (χ2v) is 9.48. The average Bonchev–Trinajstić information content (AvgIpc) is 3.24. The number of carboxylic acids is 1. The van der Waals surface area contributed by atoms with Gasteiger partial charge in [-0.15, -0.1) is 0 Å². The number of halogens is 1. The van der Waals surface area contributed by atoms with Crippen LogP contribution in [0.15, 0.2) is 24.3 Å². The molecule has 1 unspecified atom stereocenters. The molecule has 1 heterocycles. The van der Waals surface area contributed by atoms with Crippen LogP contribution in [0.25, 0.3) is 5.69 Å². The van der Waals surface area contributed by atoms with Crippen molar-refractivity contribution < 1.29 is 18.3 Å². The molecule has 0 amide bonds. The van der Waals surface area contributed by atoms with E-state index in [9.17, 15) is 18.3 Å². The second kappa shape index (κ2) is 6.37. The fourth-order valence-corrected chi connectivity index (χ4v) is 4.54. The highest BCUT2D eigenvalue weighted by atomic mass is 35.5. The molecule has 0 radical (unpaired) electrons. The van der Waals surface area contributed by atoms with Gasteiger partial charge in [0.05, 0.1) is 16.1 Å². The van der Waals surface area contributed by atoms with E-state index < -0.39 is 26.8 Å². The van der Waals surface area contributed by atoms with Gasteiger partial charge in [0, 0.05) is 16.3 Å². The Bertz CT molecular complexity index is 980. The first-order valence-corrected chi connectivity index (χ1v) is 9.98. The lowest BCUT2D eigenvalue weighted by Gasteiger charge is -2.19. The van der Waals surface area contributed by atoms with Crippen molar-refractivity contribution in [1.82, 2.24) is 14.5 Å². The van der Waals surface area contributed by atoms with Crippen LogP contribution in [0, 0.1) is 13.8 Å². The molecule has 1 aromatic carbocycles. The first-order valence-electron chi connectivity index (χ1n) is 8.12. The summed E-state index contributed by atoms with van der Waals surface area (Å²) in [5, 5.41) is 14.6. The smallest absolute Gasteiger partial charge is 0.326 e. The number of carbonyl (C=O) groups is 1. The summed E-state index contributed by atoms with van der Waals surface area (Å²) in [5.41, 5.74) is 2.00. The average molecular weight is 398 g/mol. The molecule has 9 heteroatoms. The van der Waals surface area contributed by atoms with Crippen molar-refractivity contribution in [2.24, 2.45) is 0 Å². The minimum absolute atomic E-state index is 0.338. The summed E-state index contributed by atoms with van der Waals surface area (Å²) in [6, 6.07) is 5.59. The molecule has 0 spiro atoms. The van der Waals surface area contributed by atoms with E-state index in [4.69, 9.17) is 11.6 Å². The molecule has 0 aliphatic heterocycles. The lowest BCUT2D eigenvalue weighted by molar-refractivity contribution is -0.139. The highest BCUT2D eigenvalue weighted by Gasteiger charge is 2.51. The van der Waals surface area contributed by atoms with Gasteiger partial charge >= 0.3 is 5.97 Å². The molecule has 140 valence electrons. The Kier molecular flexibility index (Phi) is 4.62. The van der Waals surface area contributed by atoms with Crippen LogP contribution in [0.5, 0.6) is 0 Å². The third-order valence-electron chi connectivity index (χ3n) is 4.81. The van der Waals surface area contributed by atoms with Gasteiger partial charge in [0.15, 0.2) is 0 Å². The van der Waals surface area contributed by atoms with Gasteiger partial charge in [0.1, 0.15) is 6.04 Å². The van der Waals surface area contributed by atoms with Gasteiger partial charge in [-0.2, -0.15) is 9.82 Å². The van der Waals surface area contributed by atoms with Crippen LogP contribution in [0.4, 0.5) is 0 Å². The Morgan fingerprint density at radius 2 is 2.04 bits per heavy atom. The fourth-order valence-electron chi connectivity index (χ4n) is 2.91. The minimum Gasteiger partial charge on any atom is -0.480 e. The molecular formula is C17H20ClN3O4S. The van der Waals surface area contributed by atoms with Gasteiger partial charge in [0.2, 0.25) is 10.0 Å². The van der Waals surface area contributed by atoms with Crippen LogP contribution in [0.1, 0.15) is 42.8 Å². The van der Waals surface area contributed by atoms with Gasteiger partial charge in [-0.25, -0.2) is 13.1 Å². The lowest BCUT2D eigenvalue weighted by Crippen LogP contribution is -2.40. The summed E-state index contributed by atoms with van der Waals surface area (Å²) in [6.07, 6.45) is 1.04. The number of hydrogen-bond acceptors (Lipinski definition) is 4. The van der Waals surface area contributed by atoms with Crippen LogP contribution in [-0.2, 0) is 14.8 Å². The lowest BCUT2D eigenvalue weighted by atomic mass is 10.1. The van der Waals surface area contributed by atoms with Gasteiger partial charge in [0.25, 0.3) is 0 Å². The predicted molar refractivity (Wildman–Crippen MR) is 98.1 cm³/mol. The molecule has 1 saturated carbocycles. The zero-order chi connectivity index (χ0) is 19.3. The van der Waals surface area contributed by atoms with Crippen LogP contribution >= 0.6 is 11.6 Å². The van der Waals surface area contributed by atoms with Crippen LogP contribution in [0.2, 0.25) is 5.02 Å². The van der Waals surface area contributed by atoms with Crippen molar-refractivity contribution in [3.05, 3.63) is 46.2 Å². The van der Waals surface area contributed by atoms with E-state index in [0.29, 0.717) is 40.5 Å². The minimum atomic E-state index is -3.76. The Labute approximate surface area is 157 Å². The van der Waals surface area contributed by atoms with Crippen molar-refractivity contribution in [3.8, 4) is 5.69 Å². The van der Waals surface area contributed by atoms with Crippen LogP contribution in [0.3, 0.4) is 0 Å². The first kappa shape index (κ1) is 18.9. The molecule has 1 fully saturated rings. The van der Waals surface area contributed by atoms with Crippen molar-refractivity contribution in [1.29, 1.82) is 0 Å². The number of benzene rings is 1. The number of aromatic nitrogens is 2. The quantitative estimate of drug-likeness (QED) is 0.780. The molecule has 0 saturated heterocycles. The largest absolute Gasteiger partial charge is 0.480 e. The Hall–Kier alpha value is -1.90. The zero-order valence-corrected chi connectivity index (χ0v) is 16.2. The Morgan fingerprint density at radius 3 is 2.58 bits per heavy atom. The predicted octanol–water partition coefficient (Wildman–Crippen LogP) is 2.74. The number of nitrogens with one attached hydrogen (secondary N) is 1. The van der Waals surface area contributed by atoms with E-state index in [1.807, 2.05) is 0 Å². The van der Waals surface area contributed by atoms with Gasteiger partial charge in [-0.05, 0) is 51.8 Å². The number of nitrogens with zero attached hydrogens (tertiary/aromatic N) is 2. The van der Waals surface area contributed by atoms with Crippen molar-refractivity contribution in [3.63, 3.8) is 0 Å². The summed E-state index contributed by atoms with van der Waals surface area (Å²) in [6.45, 7) is 4.98. The number of carboxylic acid groups (broad SMARTS) is 1. The standard InChI is InChI=1S/C17H20ClN3O4S/c1-10-14(11(2)21(19-10)13-6-4-5-12(18)9-13)15(16(22)23)20-26(24,25)17(3)7-8-17/h4-6,9,15,20H,7-8H2,1-3H3,(H,22,23).